The van der Waals surface area contributed by atoms with Crippen LogP contribution >= 0.6 is 0 Å². The largest absolute Gasteiger partial charge is 0.497 e. The van der Waals surface area contributed by atoms with Crippen LogP contribution in [-0.4, -0.2) is 45.2 Å². The van der Waals surface area contributed by atoms with Crippen molar-refractivity contribution in [2.75, 3.05) is 43.5 Å². The van der Waals surface area contributed by atoms with Gasteiger partial charge in [0.1, 0.15) is 17.4 Å². The summed E-state index contributed by atoms with van der Waals surface area (Å²) in [5.74, 6) is -0.886. The van der Waals surface area contributed by atoms with Crippen LogP contribution in [0.2, 0.25) is 0 Å². The van der Waals surface area contributed by atoms with Crippen molar-refractivity contribution in [1.82, 2.24) is 0 Å². The van der Waals surface area contributed by atoms with Crippen LogP contribution in [0.1, 0.15) is 6.92 Å². The Morgan fingerprint density at radius 1 is 1.15 bits per heavy atom. The van der Waals surface area contributed by atoms with Crippen LogP contribution in [-0.2, 0) is 4.79 Å². The van der Waals surface area contributed by atoms with E-state index in [0.717, 1.165) is 54.6 Å². The van der Waals surface area contributed by atoms with Crippen molar-refractivity contribution in [3.8, 4) is 5.75 Å². The molecule has 3 rings (SSSR count). The normalized spacial score (nSPS) is 16.1. The number of benzene rings is 2. The molecule has 1 saturated heterocycles. The van der Waals surface area contributed by atoms with Crippen molar-refractivity contribution >= 4 is 17.3 Å². The van der Waals surface area contributed by atoms with Gasteiger partial charge in [-0.15, -0.1) is 0 Å². The summed E-state index contributed by atoms with van der Waals surface area (Å²) < 4.78 is 31.9. The van der Waals surface area contributed by atoms with E-state index in [1.165, 1.54) is 6.07 Å². The fourth-order valence-corrected chi connectivity index (χ4v) is 3.30. The first-order valence-electron chi connectivity index (χ1n) is 8.97. The molecule has 2 N–H and O–H groups in total. The first-order valence-corrected chi connectivity index (χ1v) is 8.97. The predicted octanol–water partition coefficient (Wildman–Crippen LogP) is 1.71. The van der Waals surface area contributed by atoms with Crippen molar-refractivity contribution < 1.29 is 23.2 Å². The second-order valence-corrected chi connectivity index (χ2v) is 6.68. The minimum absolute atomic E-state index is 0.00418. The maximum absolute atomic E-state index is 13.7. The maximum atomic E-state index is 13.7. The van der Waals surface area contributed by atoms with E-state index in [1.54, 1.807) is 7.11 Å². The number of methoxy groups -OCH3 is 1. The topological polar surface area (TPSA) is 46.0 Å². The van der Waals surface area contributed by atoms with Gasteiger partial charge < -0.3 is 19.9 Å². The quantitative estimate of drug-likeness (QED) is 0.835. The maximum Gasteiger partial charge on any atom is 0.282 e. The number of nitrogens with one attached hydrogen (secondary N) is 2. The lowest BCUT2D eigenvalue weighted by Gasteiger charge is -2.36. The molecular formula is C20H24F2N3O2+. The Balaban J connectivity index is 1.55. The number of quaternary nitrogens is 1. The number of carbonyl (C=O) groups is 1. The van der Waals surface area contributed by atoms with Gasteiger partial charge in [-0.1, -0.05) is 0 Å². The van der Waals surface area contributed by atoms with Crippen LogP contribution in [0.5, 0.6) is 5.75 Å². The van der Waals surface area contributed by atoms with Crippen LogP contribution in [0.15, 0.2) is 42.5 Å². The fourth-order valence-electron chi connectivity index (χ4n) is 3.30. The van der Waals surface area contributed by atoms with E-state index in [-0.39, 0.29) is 17.6 Å². The van der Waals surface area contributed by atoms with E-state index in [0.29, 0.717) is 0 Å². The number of carbonyl (C=O) groups excluding carboxylic acids is 1. The molecule has 27 heavy (non-hydrogen) atoms. The lowest BCUT2D eigenvalue weighted by molar-refractivity contribution is -0.914. The molecule has 1 atom stereocenters. The van der Waals surface area contributed by atoms with Crippen LogP contribution < -0.4 is 19.9 Å². The number of amides is 1. The lowest BCUT2D eigenvalue weighted by Crippen LogP contribution is -3.19. The molecule has 0 radical (unpaired) electrons. The number of hydrogen-bond acceptors (Lipinski definition) is 3. The Labute approximate surface area is 157 Å². The SMILES string of the molecule is COc1ccc(N2CC[NH+]([C@H](C)C(=O)Nc3ccc(F)cc3F)CC2)cc1. The van der Waals surface area contributed by atoms with Crippen molar-refractivity contribution in [2.24, 2.45) is 0 Å². The standard InChI is InChI=1S/C20H23F2N3O2/c1-14(20(26)23-19-8-3-15(21)13-18(19)22)24-9-11-25(12-10-24)16-4-6-17(27-2)7-5-16/h3-8,13-14H,9-12H2,1-2H3,(H,23,26)/p+1/t14-/m1/s1. The van der Waals surface area contributed by atoms with E-state index < -0.39 is 11.6 Å². The highest BCUT2D eigenvalue weighted by atomic mass is 19.1. The number of ether oxygens (including phenoxy) is 1. The molecule has 144 valence electrons. The monoisotopic (exact) mass is 376 g/mol. The first kappa shape index (κ1) is 19.1. The summed E-state index contributed by atoms with van der Waals surface area (Å²) in [6.45, 7) is 5.07. The van der Waals surface area contributed by atoms with Gasteiger partial charge in [-0.25, -0.2) is 8.78 Å². The van der Waals surface area contributed by atoms with Crippen LogP contribution in [0.25, 0.3) is 0 Å². The Bertz CT molecular complexity index is 790. The Morgan fingerprint density at radius 2 is 1.81 bits per heavy atom. The summed E-state index contributed by atoms with van der Waals surface area (Å²) in [5, 5.41) is 2.56. The van der Waals surface area contributed by atoms with Crippen molar-refractivity contribution in [1.29, 1.82) is 0 Å². The molecule has 1 amide bonds. The average molecular weight is 376 g/mol. The van der Waals surface area contributed by atoms with Gasteiger partial charge in [-0.05, 0) is 43.3 Å². The van der Waals surface area contributed by atoms with Gasteiger partial charge in [0.2, 0.25) is 0 Å². The molecule has 0 unspecified atom stereocenters. The van der Waals surface area contributed by atoms with Gasteiger partial charge in [0.15, 0.2) is 6.04 Å². The zero-order chi connectivity index (χ0) is 19.4. The van der Waals surface area contributed by atoms with E-state index >= 15 is 0 Å². The highest BCUT2D eigenvalue weighted by molar-refractivity contribution is 5.93. The highest BCUT2D eigenvalue weighted by Gasteiger charge is 2.29. The summed E-state index contributed by atoms with van der Waals surface area (Å²) >= 11 is 0. The van der Waals surface area contributed by atoms with E-state index in [1.807, 2.05) is 31.2 Å². The molecule has 0 aliphatic carbocycles. The van der Waals surface area contributed by atoms with E-state index in [2.05, 4.69) is 10.2 Å². The molecule has 0 bridgehead atoms. The van der Waals surface area contributed by atoms with Gasteiger partial charge in [0, 0.05) is 11.8 Å². The Morgan fingerprint density at radius 3 is 2.41 bits per heavy atom. The van der Waals surface area contributed by atoms with Gasteiger partial charge in [0.25, 0.3) is 5.91 Å². The van der Waals surface area contributed by atoms with Gasteiger partial charge >= 0.3 is 0 Å². The Kier molecular flexibility index (Phi) is 5.91. The number of piperazine rings is 1. The number of nitrogens with zero attached hydrogens (tertiary/aromatic N) is 1. The summed E-state index contributed by atoms with van der Waals surface area (Å²) in [4.78, 5) is 15.9. The van der Waals surface area contributed by atoms with Gasteiger partial charge in [-0.2, -0.15) is 0 Å². The van der Waals surface area contributed by atoms with Crippen molar-refractivity contribution in [3.63, 3.8) is 0 Å². The highest BCUT2D eigenvalue weighted by Crippen LogP contribution is 2.19. The Hall–Kier alpha value is -2.67. The van der Waals surface area contributed by atoms with Crippen molar-refractivity contribution in [2.45, 2.75) is 13.0 Å². The third-order valence-electron chi connectivity index (χ3n) is 5.04. The third kappa shape index (κ3) is 4.54. The zero-order valence-electron chi connectivity index (χ0n) is 15.5. The summed E-state index contributed by atoms with van der Waals surface area (Å²) in [7, 11) is 1.64. The summed E-state index contributed by atoms with van der Waals surface area (Å²) in [6.07, 6.45) is 0. The number of hydrogen-bond donors (Lipinski definition) is 2. The number of rotatable bonds is 5. The van der Waals surface area contributed by atoms with Gasteiger partial charge in [0.05, 0.1) is 39.0 Å². The first-order chi connectivity index (χ1) is 13.0. The molecule has 1 aliphatic heterocycles. The predicted molar refractivity (Wildman–Crippen MR) is 100 cm³/mol. The molecular weight excluding hydrogens is 352 g/mol. The average Bonchev–Trinajstić information content (AvgIpc) is 2.69. The molecule has 1 fully saturated rings. The molecule has 2 aromatic rings. The van der Waals surface area contributed by atoms with Crippen molar-refractivity contribution in [3.05, 3.63) is 54.1 Å². The zero-order valence-corrected chi connectivity index (χ0v) is 15.5. The fraction of sp³-hybridized carbons (Fsp3) is 0.350. The minimum atomic E-state index is -0.769. The second-order valence-electron chi connectivity index (χ2n) is 6.68. The molecule has 1 heterocycles. The van der Waals surface area contributed by atoms with E-state index in [4.69, 9.17) is 4.74 Å². The third-order valence-corrected chi connectivity index (χ3v) is 5.04. The minimum Gasteiger partial charge on any atom is -0.497 e. The smallest absolute Gasteiger partial charge is 0.282 e. The van der Waals surface area contributed by atoms with Crippen LogP contribution in [0, 0.1) is 11.6 Å². The summed E-state index contributed by atoms with van der Waals surface area (Å²) in [6, 6.07) is 10.7. The molecule has 5 nitrogen and oxygen atoms in total. The van der Waals surface area contributed by atoms with Gasteiger partial charge in [-0.3, -0.25) is 4.79 Å². The molecule has 1 aliphatic rings. The number of halogens is 2. The van der Waals surface area contributed by atoms with E-state index in [9.17, 15) is 13.6 Å². The summed E-state index contributed by atoms with van der Waals surface area (Å²) in [5.41, 5.74) is 1.13. The molecule has 7 heteroatoms. The molecule has 0 aromatic heterocycles. The second kappa shape index (κ2) is 8.35. The lowest BCUT2D eigenvalue weighted by atomic mass is 10.2. The molecule has 0 saturated carbocycles. The van der Waals surface area contributed by atoms with Crippen LogP contribution in [0.3, 0.4) is 0 Å². The number of anilines is 2. The molecule has 2 aromatic carbocycles. The molecule has 0 spiro atoms. The van der Waals surface area contributed by atoms with Crippen LogP contribution in [0.4, 0.5) is 20.2 Å².